The molecule has 4 N–H and O–H groups in total. The summed E-state index contributed by atoms with van der Waals surface area (Å²) < 4.78 is 29.3. The Hall–Kier alpha value is -3.32. The van der Waals surface area contributed by atoms with Gasteiger partial charge in [-0.3, -0.25) is 9.59 Å². The average molecular weight is 533 g/mol. The van der Waals surface area contributed by atoms with Crippen molar-refractivity contribution in [2.24, 2.45) is 5.14 Å². The van der Waals surface area contributed by atoms with Gasteiger partial charge in [0, 0.05) is 11.4 Å². The smallest absolute Gasteiger partial charge is 0.299 e. The summed E-state index contributed by atoms with van der Waals surface area (Å²) in [5.74, 6) is -0.865. The van der Waals surface area contributed by atoms with Crippen LogP contribution >= 0.6 is 11.3 Å². The molecule has 1 heterocycles. The first kappa shape index (κ1) is 27.3. The van der Waals surface area contributed by atoms with Gasteiger partial charge in [0.1, 0.15) is 16.5 Å². The number of nitrogens with two attached hydrogens (primary N) is 1. The highest BCUT2D eigenvalue weighted by Gasteiger charge is 2.26. The fourth-order valence-corrected chi connectivity index (χ4v) is 4.86. The number of nitrogens with one attached hydrogen (secondary N) is 1. The van der Waals surface area contributed by atoms with Crippen molar-refractivity contribution in [2.75, 3.05) is 13.7 Å². The molecule has 1 aromatic heterocycles. The van der Waals surface area contributed by atoms with Gasteiger partial charge in [-0.2, -0.15) is 8.42 Å². The first-order valence-corrected chi connectivity index (χ1v) is 13.4. The van der Waals surface area contributed by atoms with E-state index in [-0.39, 0.29) is 12.2 Å². The van der Waals surface area contributed by atoms with Crippen LogP contribution in [-0.2, 0) is 28.0 Å². The predicted octanol–water partition coefficient (Wildman–Crippen LogP) is 2.09. The summed E-state index contributed by atoms with van der Waals surface area (Å²) in [6.45, 7) is 1.99. The molecule has 3 aromatic rings. The second-order valence-electron chi connectivity index (χ2n) is 8.01. The lowest BCUT2D eigenvalue weighted by molar-refractivity contribution is -0.141. The number of rotatable bonds is 11. The molecule has 10 nitrogen and oxygen atoms in total. The largest absolute Gasteiger partial charge is 0.497 e. The monoisotopic (exact) mass is 532 g/mol. The van der Waals surface area contributed by atoms with Crippen LogP contribution in [0.1, 0.15) is 44.0 Å². The summed E-state index contributed by atoms with van der Waals surface area (Å²) in [5.41, 5.74) is 1.45. The number of aromatic nitrogens is 1. The predicted molar refractivity (Wildman–Crippen MR) is 136 cm³/mol. The van der Waals surface area contributed by atoms with Gasteiger partial charge in [-0.25, -0.2) is 14.8 Å². The van der Waals surface area contributed by atoms with Gasteiger partial charge in [-0.15, -0.1) is 11.3 Å². The highest BCUT2D eigenvalue weighted by atomic mass is 32.2. The van der Waals surface area contributed by atoms with Crippen molar-refractivity contribution in [3.8, 4) is 5.75 Å². The van der Waals surface area contributed by atoms with Crippen molar-refractivity contribution in [3.05, 3.63) is 81.3 Å². The number of thiazole rings is 1. The van der Waals surface area contributed by atoms with Crippen molar-refractivity contribution in [2.45, 2.75) is 32.4 Å². The molecule has 2 aromatic carbocycles. The average Bonchev–Trinajstić information content (AvgIpc) is 3.22. The summed E-state index contributed by atoms with van der Waals surface area (Å²) in [6.07, 6.45) is -0.0463. The first-order chi connectivity index (χ1) is 17.1. The van der Waals surface area contributed by atoms with Crippen LogP contribution in [0.4, 0.5) is 0 Å². The Balaban J connectivity index is 1.79. The van der Waals surface area contributed by atoms with Gasteiger partial charge < -0.3 is 14.7 Å². The fourth-order valence-electron chi connectivity index (χ4n) is 3.56. The van der Waals surface area contributed by atoms with Crippen LogP contribution in [-0.4, -0.2) is 48.9 Å². The number of carbonyl (C=O) groups excluding carboxylic acids is 2. The molecule has 3 rings (SSSR count). The first-order valence-electron chi connectivity index (χ1n) is 11.0. The highest BCUT2D eigenvalue weighted by molar-refractivity contribution is 7.87. The van der Waals surface area contributed by atoms with Gasteiger partial charge in [0.25, 0.3) is 22.0 Å². The van der Waals surface area contributed by atoms with Crippen LogP contribution in [0.3, 0.4) is 0 Å². The highest BCUT2D eigenvalue weighted by Crippen LogP contribution is 2.23. The summed E-state index contributed by atoms with van der Waals surface area (Å²) in [4.78, 5) is 31.7. The lowest BCUT2D eigenvalue weighted by Crippen LogP contribution is -2.37. The Labute approximate surface area is 213 Å². The molecule has 0 saturated heterocycles. The minimum Gasteiger partial charge on any atom is -0.497 e. The molecule has 0 aliphatic rings. The van der Waals surface area contributed by atoms with Crippen LogP contribution < -0.4 is 14.6 Å². The zero-order chi connectivity index (χ0) is 26.3. The third-order valence-electron chi connectivity index (χ3n) is 5.33. The molecular weight excluding hydrogens is 504 g/mol. The third-order valence-corrected chi connectivity index (χ3v) is 6.76. The fraction of sp³-hybridized carbons (Fsp3) is 0.292. The molecule has 0 aliphatic carbocycles. The number of carbonyl (C=O) groups is 2. The lowest BCUT2D eigenvalue weighted by Gasteiger charge is -2.25. The molecule has 0 fully saturated rings. The molecule has 192 valence electrons. The van der Waals surface area contributed by atoms with Crippen molar-refractivity contribution in [1.82, 2.24) is 14.6 Å². The molecule has 0 spiro atoms. The standard InChI is InChI=1S/C24H28N4O6S2/c1-16-21(23(30)27-36(25,32)33)26-20(35-16)15-28(14-6-9-17-7-4-3-5-8-17)24(31)22(29)18-10-12-19(34-2)13-11-18/h3-5,7-8,10-13,22,29H,6,9,14-15H2,1-2H3,(H,27,30)(H2,25,32,33)/t22-/m1/s1. The number of hydrogen-bond acceptors (Lipinski definition) is 8. The maximum Gasteiger partial charge on any atom is 0.299 e. The molecule has 0 unspecified atom stereocenters. The molecule has 12 heteroatoms. The Morgan fingerprint density at radius 1 is 1.17 bits per heavy atom. The van der Waals surface area contributed by atoms with Gasteiger partial charge in [0.2, 0.25) is 0 Å². The maximum atomic E-state index is 13.3. The molecular formula is C24H28N4O6S2. The van der Waals surface area contributed by atoms with Gasteiger partial charge in [0.05, 0.1) is 13.7 Å². The van der Waals surface area contributed by atoms with Crippen molar-refractivity contribution >= 4 is 33.4 Å². The second kappa shape index (κ2) is 12.1. The second-order valence-corrected chi connectivity index (χ2v) is 10.6. The topological polar surface area (TPSA) is 152 Å². The minimum absolute atomic E-state index is 0.0367. The molecule has 1 atom stereocenters. The van der Waals surface area contributed by atoms with Gasteiger partial charge in [0.15, 0.2) is 6.10 Å². The minimum atomic E-state index is -4.24. The molecule has 2 amide bonds. The number of aliphatic hydroxyl groups is 1. The normalized spacial score (nSPS) is 12.1. The van der Waals surface area contributed by atoms with Gasteiger partial charge >= 0.3 is 0 Å². The van der Waals surface area contributed by atoms with Gasteiger partial charge in [-0.1, -0.05) is 42.5 Å². The Kier molecular flexibility index (Phi) is 9.15. The van der Waals surface area contributed by atoms with E-state index >= 15 is 0 Å². The quantitative estimate of drug-likeness (QED) is 0.342. The summed E-state index contributed by atoms with van der Waals surface area (Å²) in [6, 6.07) is 16.4. The molecule has 0 radical (unpaired) electrons. The number of aliphatic hydroxyl groups excluding tert-OH is 1. The maximum absolute atomic E-state index is 13.3. The number of methoxy groups -OCH3 is 1. The van der Waals surface area contributed by atoms with Gasteiger partial charge in [-0.05, 0) is 43.0 Å². The molecule has 0 bridgehead atoms. The van der Waals surface area contributed by atoms with E-state index in [9.17, 15) is 23.1 Å². The Morgan fingerprint density at radius 3 is 2.44 bits per heavy atom. The Bertz CT molecular complexity index is 1290. The van der Waals surface area contributed by atoms with Crippen LogP contribution in [0.25, 0.3) is 0 Å². The Morgan fingerprint density at radius 2 is 1.83 bits per heavy atom. The van der Waals surface area contributed by atoms with E-state index < -0.39 is 28.1 Å². The molecule has 36 heavy (non-hydrogen) atoms. The number of nitrogens with zero attached hydrogens (tertiary/aromatic N) is 2. The number of ether oxygens (including phenoxy) is 1. The lowest BCUT2D eigenvalue weighted by atomic mass is 10.1. The van der Waals surface area contributed by atoms with E-state index in [0.717, 1.165) is 23.3 Å². The zero-order valence-electron chi connectivity index (χ0n) is 19.9. The van der Waals surface area contributed by atoms with E-state index in [1.54, 1.807) is 35.9 Å². The molecule has 0 saturated carbocycles. The summed E-state index contributed by atoms with van der Waals surface area (Å²) >= 11 is 1.16. The van der Waals surface area contributed by atoms with E-state index in [1.165, 1.54) is 12.0 Å². The molecule has 0 aliphatic heterocycles. The van der Waals surface area contributed by atoms with E-state index in [4.69, 9.17) is 9.88 Å². The summed E-state index contributed by atoms with van der Waals surface area (Å²) in [7, 11) is -2.72. The SMILES string of the molecule is COc1ccc([C@@H](O)C(=O)N(CCCc2ccccc2)Cc2nc(C(=O)NS(N)(=O)=O)c(C)s2)cc1. The van der Waals surface area contributed by atoms with Crippen LogP contribution in [0, 0.1) is 6.92 Å². The third kappa shape index (κ3) is 7.59. The summed E-state index contributed by atoms with van der Waals surface area (Å²) in [5, 5.41) is 16.1. The zero-order valence-corrected chi connectivity index (χ0v) is 21.5. The van der Waals surface area contributed by atoms with Crippen LogP contribution in [0.2, 0.25) is 0 Å². The number of aryl methyl sites for hydroxylation is 2. The van der Waals surface area contributed by atoms with Crippen molar-refractivity contribution < 1.29 is 27.9 Å². The van der Waals surface area contributed by atoms with Crippen molar-refractivity contribution in [3.63, 3.8) is 0 Å². The number of hydrogen-bond donors (Lipinski definition) is 3. The van der Waals surface area contributed by atoms with E-state index in [2.05, 4.69) is 4.98 Å². The van der Waals surface area contributed by atoms with E-state index in [1.807, 2.05) is 30.3 Å². The van der Waals surface area contributed by atoms with Crippen LogP contribution in [0.5, 0.6) is 5.75 Å². The number of benzene rings is 2. The number of amides is 2. The van der Waals surface area contributed by atoms with E-state index in [0.29, 0.717) is 34.2 Å². The van der Waals surface area contributed by atoms with Crippen molar-refractivity contribution in [1.29, 1.82) is 0 Å². The van der Waals surface area contributed by atoms with Crippen LogP contribution in [0.15, 0.2) is 54.6 Å².